The topological polar surface area (TPSA) is 53.2 Å². The molecule has 0 saturated carbocycles. The zero-order chi connectivity index (χ0) is 18.6. The number of aromatic nitrogens is 1. The molecular weight excluding hydrogens is 358 g/mol. The number of aromatic amines is 1. The summed E-state index contributed by atoms with van der Waals surface area (Å²) in [6.45, 7) is 1.77. The van der Waals surface area contributed by atoms with Crippen molar-refractivity contribution >= 4 is 20.9 Å². The smallest absolute Gasteiger partial charge is 0.212 e. The summed E-state index contributed by atoms with van der Waals surface area (Å²) < 4.78 is 55.3. The van der Waals surface area contributed by atoms with E-state index < -0.39 is 27.7 Å². The minimum Gasteiger partial charge on any atom is -0.357 e. The van der Waals surface area contributed by atoms with Crippen molar-refractivity contribution in [3.05, 3.63) is 70.4 Å². The number of nitrogens with one attached hydrogen (secondary N) is 1. The number of H-pyrrole nitrogens is 1. The Kier molecular flexibility index (Phi) is 3.89. The van der Waals surface area contributed by atoms with E-state index in [1.807, 2.05) is 24.3 Å². The molecule has 4 nitrogen and oxygen atoms in total. The van der Waals surface area contributed by atoms with Crippen molar-refractivity contribution in [2.75, 3.05) is 12.8 Å². The van der Waals surface area contributed by atoms with Crippen LogP contribution in [0.5, 0.6) is 0 Å². The molecule has 0 amide bonds. The van der Waals surface area contributed by atoms with E-state index >= 15 is 0 Å². The van der Waals surface area contributed by atoms with Gasteiger partial charge in [0.05, 0.1) is 12.3 Å². The van der Waals surface area contributed by atoms with Crippen LogP contribution in [0, 0.1) is 18.6 Å². The molecule has 3 aromatic rings. The van der Waals surface area contributed by atoms with Crippen molar-refractivity contribution in [2.24, 2.45) is 0 Å². The molecule has 1 aliphatic heterocycles. The van der Waals surface area contributed by atoms with Gasteiger partial charge in [-0.25, -0.2) is 17.2 Å². The van der Waals surface area contributed by atoms with Gasteiger partial charge in [-0.3, -0.25) is 0 Å². The van der Waals surface area contributed by atoms with E-state index in [4.69, 9.17) is 0 Å². The average molecular weight is 376 g/mol. The molecule has 1 N–H and O–H groups in total. The van der Waals surface area contributed by atoms with Crippen LogP contribution in [0.4, 0.5) is 8.78 Å². The molecule has 0 radical (unpaired) electrons. The fraction of sp³-hybridized carbons (Fsp3) is 0.263. The van der Waals surface area contributed by atoms with Crippen LogP contribution < -0.4 is 0 Å². The third-order valence-corrected chi connectivity index (χ3v) is 6.16. The molecule has 0 fully saturated rings. The SMILES string of the molecule is Cc1cc(F)c(C2c3[nH]c4ccccc4c3CCN2S(C)(=O)=O)c(F)c1. The van der Waals surface area contributed by atoms with E-state index in [1.165, 1.54) is 16.4 Å². The van der Waals surface area contributed by atoms with Crippen molar-refractivity contribution in [1.29, 1.82) is 0 Å². The minimum absolute atomic E-state index is 0.172. The Hall–Kier alpha value is -2.25. The number of hydrogen-bond acceptors (Lipinski definition) is 2. The average Bonchev–Trinajstić information content (AvgIpc) is 2.92. The minimum atomic E-state index is -3.67. The summed E-state index contributed by atoms with van der Waals surface area (Å²) in [5.41, 5.74) is 2.47. The largest absolute Gasteiger partial charge is 0.357 e. The van der Waals surface area contributed by atoms with Crippen molar-refractivity contribution in [3.63, 3.8) is 0 Å². The van der Waals surface area contributed by atoms with E-state index in [0.717, 1.165) is 22.7 Å². The zero-order valence-electron chi connectivity index (χ0n) is 14.4. The zero-order valence-corrected chi connectivity index (χ0v) is 15.2. The molecule has 0 bridgehead atoms. The molecule has 0 aliphatic carbocycles. The van der Waals surface area contributed by atoms with Crippen molar-refractivity contribution in [3.8, 4) is 0 Å². The number of benzene rings is 2. The van der Waals surface area contributed by atoms with Crippen LogP contribution in [-0.2, 0) is 16.4 Å². The van der Waals surface area contributed by atoms with Crippen LogP contribution >= 0.6 is 0 Å². The Balaban J connectivity index is 2.03. The molecule has 136 valence electrons. The molecule has 1 aliphatic rings. The molecule has 1 unspecified atom stereocenters. The fourth-order valence-corrected chi connectivity index (χ4v) is 4.85. The maximum Gasteiger partial charge on any atom is 0.212 e. The number of sulfonamides is 1. The molecule has 2 aromatic carbocycles. The quantitative estimate of drug-likeness (QED) is 0.742. The summed E-state index contributed by atoms with van der Waals surface area (Å²) in [5.74, 6) is -1.49. The van der Waals surface area contributed by atoms with Gasteiger partial charge in [-0.15, -0.1) is 0 Å². The molecule has 7 heteroatoms. The summed E-state index contributed by atoms with van der Waals surface area (Å²) in [7, 11) is -3.67. The molecule has 4 rings (SSSR count). The summed E-state index contributed by atoms with van der Waals surface area (Å²) in [6.07, 6.45) is 1.55. The summed E-state index contributed by atoms with van der Waals surface area (Å²) >= 11 is 0. The van der Waals surface area contributed by atoms with Gasteiger partial charge in [0.2, 0.25) is 10.0 Å². The third-order valence-electron chi connectivity index (χ3n) is 4.91. The second kappa shape index (κ2) is 5.89. The van der Waals surface area contributed by atoms with Gasteiger partial charge in [-0.1, -0.05) is 18.2 Å². The lowest BCUT2D eigenvalue weighted by Gasteiger charge is -2.34. The van der Waals surface area contributed by atoms with E-state index in [9.17, 15) is 17.2 Å². The highest BCUT2D eigenvalue weighted by molar-refractivity contribution is 7.88. The molecular formula is C19H18F2N2O2S. The number of halogens is 2. The van der Waals surface area contributed by atoms with E-state index in [2.05, 4.69) is 4.98 Å². The highest BCUT2D eigenvalue weighted by atomic mass is 32.2. The fourth-order valence-electron chi connectivity index (χ4n) is 3.84. The maximum absolute atomic E-state index is 14.7. The Morgan fingerprint density at radius 2 is 1.81 bits per heavy atom. The number of aryl methyl sites for hydroxylation is 1. The van der Waals surface area contributed by atoms with Crippen LogP contribution in [0.3, 0.4) is 0 Å². The standard InChI is InChI=1S/C19H18F2N2O2S/c1-11-9-14(20)17(15(21)10-11)19-18-13(7-8-23(19)26(2,24)25)12-5-3-4-6-16(12)22-18/h3-6,9-10,19,22H,7-8H2,1-2H3. The Morgan fingerprint density at radius 3 is 2.46 bits per heavy atom. The number of para-hydroxylation sites is 1. The van der Waals surface area contributed by atoms with E-state index in [0.29, 0.717) is 17.7 Å². The second-order valence-corrected chi connectivity index (χ2v) is 8.67. The summed E-state index contributed by atoms with van der Waals surface area (Å²) in [4.78, 5) is 3.20. The van der Waals surface area contributed by atoms with Gasteiger partial charge in [-0.05, 0) is 42.7 Å². The first-order valence-corrected chi connectivity index (χ1v) is 10.1. The molecule has 0 saturated heterocycles. The predicted octanol–water partition coefficient (Wildman–Crippen LogP) is 3.66. The highest BCUT2D eigenvalue weighted by Crippen LogP contribution is 2.41. The Labute approximate surface area is 150 Å². The molecule has 1 atom stereocenters. The van der Waals surface area contributed by atoms with Crippen LogP contribution in [0.1, 0.15) is 28.4 Å². The number of fused-ring (bicyclic) bond motifs is 3. The molecule has 1 aromatic heterocycles. The maximum atomic E-state index is 14.7. The predicted molar refractivity (Wildman–Crippen MR) is 96.5 cm³/mol. The van der Waals surface area contributed by atoms with Crippen molar-refractivity contribution in [1.82, 2.24) is 9.29 Å². The Morgan fingerprint density at radius 1 is 1.15 bits per heavy atom. The number of rotatable bonds is 2. The normalized spacial score (nSPS) is 18.2. The lowest BCUT2D eigenvalue weighted by atomic mass is 9.93. The van der Waals surface area contributed by atoms with E-state index in [1.54, 1.807) is 6.92 Å². The summed E-state index contributed by atoms with van der Waals surface area (Å²) in [6, 6.07) is 8.96. The van der Waals surface area contributed by atoms with Gasteiger partial charge in [0.15, 0.2) is 0 Å². The first-order chi connectivity index (χ1) is 12.3. The first-order valence-electron chi connectivity index (χ1n) is 8.29. The third kappa shape index (κ3) is 2.62. The van der Waals surface area contributed by atoms with E-state index in [-0.39, 0.29) is 12.1 Å². The van der Waals surface area contributed by atoms with Crippen molar-refractivity contribution < 1.29 is 17.2 Å². The van der Waals surface area contributed by atoms with Gasteiger partial charge < -0.3 is 4.98 Å². The second-order valence-electron chi connectivity index (χ2n) is 6.73. The van der Waals surface area contributed by atoms with Gasteiger partial charge in [0.25, 0.3) is 0 Å². The number of hydrogen-bond donors (Lipinski definition) is 1. The number of nitrogens with zero attached hydrogens (tertiary/aromatic N) is 1. The molecule has 0 spiro atoms. The first kappa shape index (κ1) is 17.2. The van der Waals surface area contributed by atoms with Gasteiger partial charge >= 0.3 is 0 Å². The molecule has 2 heterocycles. The molecule has 26 heavy (non-hydrogen) atoms. The van der Waals surface area contributed by atoms with Gasteiger partial charge in [0.1, 0.15) is 11.6 Å². The van der Waals surface area contributed by atoms with Crippen LogP contribution in [0.2, 0.25) is 0 Å². The summed E-state index contributed by atoms with van der Waals surface area (Å²) in [5, 5.41) is 0.952. The highest BCUT2D eigenvalue weighted by Gasteiger charge is 2.39. The Bertz CT molecular complexity index is 1100. The van der Waals surface area contributed by atoms with Gasteiger partial charge in [0, 0.05) is 28.7 Å². The van der Waals surface area contributed by atoms with Crippen LogP contribution in [0.15, 0.2) is 36.4 Å². The van der Waals surface area contributed by atoms with Crippen LogP contribution in [0.25, 0.3) is 10.9 Å². The monoisotopic (exact) mass is 376 g/mol. The lowest BCUT2D eigenvalue weighted by molar-refractivity contribution is 0.327. The van der Waals surface area contributed by atoms with Crippen LogP contribution in [-0.4, -0.2) is 30.5 Å². The lowest BCUT2D eigenvalue weighted by Crippen LogP contribution is -2.40. The van der Waals surface area contributed by atoms with Crippen molar-refractivity contribution in [2.45, 2.75) is 19.4 Å². The van der Waals surface area contributed by atoms with Gasteiger partial charge in [-0.2, -0.15) is 4.31 Å².